The second-order valence-electron chi connectivity index (χ2n) is 5.81. The molecule has 2 aromatic heterocycles. The molecule has 1 amide bonds. The Morgan fingerprint density at radius 2 is 2.04 bits per heavy atom. The van der Waals surface area contributed by atoms with E-state index in [1.807, 2.05) is 50.2 Å². The van der Waals surface area contributed by atoms with Crippen molar-refractivity contribution in [2.24, 2.45) is 0 Å². The van der Waals surface area contributed by atoms with Crippen LogP contribution in [0, 0.1) is 25.2 Å². The van der Waals surface area contributed by atoms with Gasteiger partial charge in [0.1, 0.15) is 11.1 Å². The van der Waals surface area contributed by atoms with Crippen LogP contribution in [-0.4, -0.2) is 26.0 Å². The maximum atomic E-state index is 12.2. The number of aryl methyl sites for hydroxylation is 2. The number of aromatic nitrogens is 3. The number of thioether (sulfide) groups is 1. The molecule has 0 fully saturated rings. The van der Waals surface area contributed by atoms with Crippen LogP contribution < -0.4 is 5.32 Å². The van der Waals surface area contributed by atoms with Gasteiger partial charge in [-0.05, 0) is 25.5 Å². The smallest absolute Gasteiger partial charge is 0.227 e. The number of rotatable bonds is 6. The summed E-state index contributed by atoms with van der Waals surface area (Å²) in [5.41, 5.74) is 3.25. The van der Waals surface area contributed by atoms with Gasteiger partial charge in [0.2, 0.25) is 11.0 Å². The van der Waals surface area contributed by atoms with Crippen molar-refractivity contribution in [1.82, 2.24) is 14.3 Å². The third kappa shape index (κ3) is 4.90. The van der Waals surface area contributed by atoms with Crippen LogP contribution in [0.5, 0.6) is 0 Å². The molecule has 0 atom stereocenters. The van der Waals surface area contributed by atoms with Gasteiger partial charge >= 0.3 is 0 Å². The molecule has 136 valence electrons. The molecule has 8 heteroatoms. The van der Waals surface area contributed by atoms with Gasteiger partial charge in [-0.25, -0.2) is 4.98 Å². The predicted molar refractivity (Wildman–Crippen MR) is 108 cm³/mol. The van der Waals surface area contributed by atoms with Gasteiger partial charge in [0.15, 0.2) is 5.82 Å². The molecule has 0 aliphatic heterocycles. The lowest BCUT2D eigenvalue weighted by molar-refractivity contribution is -0.115. The summed E-state index contributed by atoms with van der Waals surface area (Å²) in [6.07, 6.45) is 0.296. The van der Waals surface area contributed by atoms with Crippen LogP contribution in [0.3, 0.4) is 0 Å². The second-order valence-corrected chi connectivity index (χ2v) is 7.64. The normalized spacial score (nSPS) is 10.4. The van der Waals surface area contributed by atoms with E-state index in [0.717, 1.165) is 28.4 Å². The molecule has 1 N–H and O–H groups in total. The molecule has 6 nitrogen and oxygen atoms in total. The Hall–Kier alpha value is -2.76. The van der Waals surface area contributed by atoms with Crippen molar-refractivity contribution in [2.75, 3.05) is 11.1 Å². The Morgan fingerprint density at radius 3 is 2.78 bits per heavy atom. The summed E-state index contributed by atoms with van der Waals surface area (Å²) in [6.45, 7) is 3.79. The summed E-state index contributed by atoms with van der Waals surface area (Å²) in [5, 5.41) is 13.2. The van der Waals surface area contributed by atoms with Crippen LogP contribution in [-0.2, 0) is 4.79 Å². The summed E-state index contributed by atoms with van der Waals surface area (Å²) < 4.78 is 4.27. The highest BCUT2D eigenvalue weighted by molar-refractivity contribution is 7.99. The minimum atomic E-state index is -0.138. The molecule has 27 heavy (non-hydrogen) atoms. The lowest BCUT2D eigenvalue weighted by Crippen LogP contribution is -2.12. The number of nitriles is 1. The van der Waals surface area contributed by atoms with Gasteiger partial charge < -0.3 is 5.32 Å². The summed E-state index contributed by atoms with van der Waals surface area (Å²) in [5.74, 6) is 0.991. The molecular weight excluding hydrogens is 378 g/mol. The van der Waals surface area contributed by atoms with E-state index in [-0.39, 0.29) is 5.91 Å². The molecule has 2 heterocycles. The Labute approximate surface area is 165 Å². The highest BCUT2D eigenvalue weighted by Gasteiger charge is 2.12. The Bertz CT molecular complexity index is 995. The van der Waals surface area contributed by atoms with Gasteiger partial charge in [-0.2, -0.15) is 14.6 Å². The van der Waals surface area contributed by atoms with Crippen molar-refractivity contribution in [3.63, 3.8) is 0 Å². The maximum absolute atomic E-state index is 12.2. The van der Waals surface area contributed by atoms with Crippen LogP contribution in [0.1, 0.15) is 23.2 Å². The molecule has 0 spiro atoms. The molecule has 0 radical (unpaired) electrons. The van der Waals surface area contributed by atoms with Crippen molar-refractivity contribution >= 4 is 34.3 Å². The van der Waals surface area contributed by atoms with Crippen LogP contribution in [0.4, 0.5) is 5.13 Å². The fourth-order valence-corrected chi connectivity index (χ4v) is 4.09. The van der Waals surface area contributed by atoms with E-state index in [2.05, 4.69) is 25.7 Å². The first-order valence-corrected chi connectivity index (χ1v) is 10.0. The zero-order valence-electron chi connectivity index (χ0n) is 14.9. The molecule has 0 saturated heterocycles. The number of nitrogens with one attached hydrogen (secondary N) is 1. The molecule has 3 aromatic rings. The number of hydrogen-bond donors (Lipinski definition) is 1. The summed E-state index contributed by atoms with van der Waals surface area (Å²) in [4.78, 5) is 20.9. The number of benzene rings is 1. The highest BCUT2D eigenvalue weighted by Crippen LogP contribution is 2.25. The largest absolute Gasteiger partial charge is 0.301 e. The van der Waals surface area contributed by atoms with Crippen molar-refractivity contribution in [3.05, 3.63) is 53.2 Å². The Balaban J connectivity index is 1.55. The molecule has 0 aliphatic rings. The molecular formula is C19H17N5OS2. The van der Waals surface area contributed by atoms with Gasteiger partial charge in [0.25, 0.3) is 0 Å². The molecule has 0 aliphatic carbocycles. The molecule has 0 bridgehead atoms. The number of nitrogens with zero attached hydrogens (tertiary/aromatic N) is 4. The molecule has 3 rings (SSSR count). The quantitative estimate of drug-likeness (QED) is 0.629. The van der Waals surface area contributed by atoms with Gasteiger partial charge in [0.05, 0.1) is 5.56 Å². The molecule has 0 unspecified atom stereocenters. The third-order valence-electron chi connectivity index (χ3n) is 3.70. The van der Waals surface area contributed by atoms with Crippen molar-refractivity contribution in [3.8, 4) is 17.5 Å². The number of carbonyl (C=O) groups is 1. The van der Waals surface area contributed by atoms with Gasteiger partial charge in [-0.1, -0.05) is 30.3 Å². The predicted octanol–water partition coefficient (Wildman–Crippen LogP) is 4.21. The minimum absolute atomic E-state index is 0.138. The van der Waals surface area contributed by atoms with Crippen molar-refractivity contribution in [1.29, 1.82) is 5.26 Å². The summed E-state index contributed by atoms with van der Waals surface area (Å²) in [7, 11) is 0. The second kappa shape index (κ2) is 8.75. The zero-order valence-corrected chi connectivity index (χ0v) is 16.5. The average molecular weight is 396 g/mol. The third-order valence-corrected chi connectivity index (χ3v) is 5.30. The van der Waals surface area contributed by atoms with Crippen molar-refractivity contribution in [2.45, 2.75) is 25.3 Å². The lowest BCUT2D eigenvalue weighted by atomic mass is 10.1. The SMILES string of the molecule is Cc1cc(C)c(C#N)c(SCCC(=O)Nc2nc(-c3ccccc3)ns2)n1. The number of anilines is 1. The Morgan fingerprint density at radius 1 is 1.26 bits per heavy atom. The molecule has 0 saturated carbocycles. The Kier molecular flexibility index (Phi) is 6.16. The molecule has 1 aromatic carbocycles. The first-order chi connectivity index (χ1) is 13.1. The first-order valence-electron chi connectivity index (χ1n) is 8.27. The average Bonchev–Trinajstić information content (AvgIpc) is 3.10. The van der Waals surface area contributed by atoms with E-state index < -0.39 is 0 Å². The first kappa shape index (κ1) is 19.0. The van der Waals surface area contributed by atoms with Gasteiger partial charge in [0, 0.05) is 35.0 Å². The lowest BCUT2D eigenvalue weighted by Gasteiger charge is -2.07. The maximum Gasteiger partial charge on any atom is 0.227 e. The number of carbonyl (C=O) groups excluding carboxylic acids is 1. The fraction of sp³-hybridized carbons (Fsp3) is 0.211. The number of pyridine rings is 1. The zero-order chi connectivity index (χ0) is 19.2. The van der Waals surface area contributed by atoms with Crippen LogP contribution >= 0.6 is 23.3 Å². The van der Waals surface area contributed by atoms with Gasteiger partial charge in [-0.3, -0.25) is 4.79 Å². The minimum Gasteiger partial charge on any atom is -0.301 e. The van der Waals surface area contributed by atoms with E-state index >= 15 is 0 Å². The van der Waals surface area contributed by atoms with Crippen LogP contribution in [0.2, 0.25) is 0 Å². The van der Waals surface area contributed by atoms with E-state index in [4.69, 9.17) is 0 Å². The van der Waals surface area contributed by atoms with Crippen LogP contribution in [0.15, 0.2) is 41.4 Å². The number of amides is 1. The number of hydrogen-bond acceptors (Lipinski definition) is 7. The highest BCUT2D eigenvalue weighted by atomic mass is 32.2. The monoisotopic (exact) mass is 395 g/mol. The topological polar surface area (TPSA) is 91.6 Å². The van der Waals surface area contributed by atoms with Gasteiger partial charge in [-0.15, -0.1) is 11.8 Å². The van der Waals surface area contributed by atoms with E-state index in [1.165, 1.54) is 11.8 Å². The van der Waals surface area contributed by atoms with Crippen molar-refractivity contribution < 1.29 is 4.79 Å². The van der Waals surface area contributed by atoms with E-state index in [9.17, 15) is 10.1 Å². The summed E-state index contributed by atoms with van der Waals surface area (Å²) >= 11 is 2.57. The standard InChI is InChI=1S/C19H17N5OS2/c1-12-10-13(2)21-18(15(12)11-20)26-9-8-16(25)22-19-23-17(24-27-19)14-6-4-3-5-7-14/h3-7,10H,8-9H2,1-2H3,(H,22,23,24,25). The van der Waals surface area contributed by atoms with E-state index in [0.29, 0.717) is 33.7 Å². The summed E-state index contributed by atoms with van der Waals surface area (Å²) in [6, 6.07) is 13.7. The van der Waals surface area contributed by atoms with E-state index in [1.54, 1.807) is 0 Å². The fourth-order valence-electron chi connectivity index (χ4n) is 2.44. The van der Waals surface area contributed by atoms with Crippen LogP contribution in [0.25, 0.3) is 11.4 Å².